The second-order valence-electron chi connectivity index (χ2n) is 11.8. The molecule has 208 valence electrons. The number of hydrogen-bond acceptors (Lipinski definition) is 4. The Bertz CT molecular complexity index is 896. The number of carbonyl (C=O) groups excluding carboxylic acids is 3. The summed E-state index contributed by atoms with van der Waals surface area (Å²) in [6.45, 7) is 15.6. The van der Waals surface area contributed by atoms with Crippen LogP contribution in [0.1, 0.15) is 109 Å². The number of aryl methyl sites for hydroxylation is 2. The fourth-order valence-corrected chi connectivity index (χ4v) is 5.04. The van der Waals surface area contributed by atoms with Crippen LogP contribution in [-0.4, -0.2) is 47.0 Å². The first-order valence-corrected chi connectivity index (χ1v) is 14.0. The van der Waals surface area contributed by atoms with Gasteiger partial charge in [-0.05, 0) is 76.5 Å². The molecule has 0 saturated heterocycles. The molecule has 3 amide bonds. The maximum absolute atomic E-state index is 14.2. The van der Waals surface area contributed by atoms with E-state index in [4.69, 9.17) is 4.74 Å². The van der Waals surface area contributed by atoms with Crippen LogP contribution < -0.4 is 10.6 Å². The molecule has 2 rings (SSSR count). The number of carbonyl (C=O) groups is 3. The largest absolute Gasteiger partial charge is 0.444 e. The van der Waals surface area contributed by atoms with Crippen LogP contribution in [0, 0.1) is 19.8 Å². The number of amides is 3. The molecule has 0 bridgehead atoms. The van der Waals surface area contributed by atoms with E-state index in [1.807, 2.05) is 45.9 Å². The molecule has 0 aromatic heterocycles. The van der Waals surface area contributed by atoms with Gasteiger partial charge in [-0.2, -0.15) is 0 Å². The summed E-state index contributed by atoms with van der Waals surface area (Å²) in [5.74, 6) is -0.599. The first kappa shape index (κ1) is 30.7. The van der Waals surface area contributed by atoms with Gasteiger partial charge in [-0.25, -0.2) is 4.79 Å². The Kier molecular flexibility index (Phi) is 11.5. The molecule has 2 unspecified atom stereocenters. The van der Waals surface area contributed by atoms with Gasteiger partial charge >= 0.3 is 6.09 Å². The van der Waals surface area contributed by atoms with Crippen molar-refractivity contribution in [1.82, 2.24) is 15.5 Å². The van der Waals surface area contributed by atoms with E-state index in [-0.39, 0.29) is 23.8 Å². The lowest BCUT2D eigenvalue weighted by Crippen LogP contribution is -2.55. The molecule has 0 heterocycles. The van der Waals surface area contributed by atoms with Crippen LogP contribution in [-0.2, 0) is 14.3 Å². The predicted molar refractivity (Wildman–Crippen MR) is 148 cm³/mol. The fraction of sp³-hybridized carbons (Fsp3) is 0.700. The van der Waals surface area contributed by atoms with Gasteiger partial charge in [0.1, 0.15) is 17.7 Å². The van der Waals surface area contributed by atoms with E-state index in [1.165, 1.54) is 6.42 Å². The second kappa shape index (κ2) is 13.8. The summed E-state index contributed by atoms with van der Waals surface area (Å²) in [4.78, 5) is 42.6. The number of unbranched alkanes of at least 4 members (excludes halogenated alkanes) is 1. The van der Waals surface area contributed by atoms with Crippen molar-refractivity contribution < 1.29 is 19.1 Å². The summed E-state index contributed by atoms with van der Waals surface area (Å²) in [5, 5.41) is 6.08. The van der Waals surface area contributed by atoms with Crippen molar-refractivity contribution in [3.8, 4) is 0 Å². The van der Waals surface area contributed by atoms with E-state index >= 15 is 0 Å². The van der Waals surface area contributed by atoms with Gasteiger partial charge in [-0.3, -0.25) is 9.59 Å². The Balaban J connectivity index is 2.50. The Morgan fingerprint density at radius 1 is 1.05 bits per heavy atom. The van der Waals surface area contributed by atoms with Crippen molar-refractivity contribution in [2.45, 2.75) is 124 Å². The fourth-order valence-electron chi connectivity index (χ4n) is 5.04. The summed E-state index contributed by atoms with van der Waals surface area (Å²) < 4.78 is 5.46. The van der Waals surface area contributed by atoms with Crippen LogP contribution in [0.2, 0.25) is 0 Å². The Hall–Kier alpha value is -2.57. The summed E-state index contributed by atoms with van der Waals surface area (Å²) in [5.41, 5.74) is 2.12. The van der Waals surface area contributed by atoms with Gasteiger partial charge in [0.25, 0.3) is 0 Å². The van der Waals surface area contributed by atoms with E-state index in [9.17, 15) is 14.4 Å². The smallest absolute Gasteiger partial charge is 0.408 e. The second-order valence-corrected chi connectivity index (χ2v) is 11.8. The predicted octanol–water partition coefficient (Wildman–Crippen LogP) is 5.97. The third kappa shape index (κ3) is 9.04. The first-order chi connectivity index (χ1) is 17.4. The minimum atomic E-state index is -0.819. The van der Waals surface area contributed by atoms with Gasteiger partial charge in [-0.1, -0.05) is 64.7 Å². The molecular weight excluding hydrogens is 466 g/mol. The zero-order chi connectivity index (χ0) is 27.8. The molecule has 2 N–H and O–H groups in total. The molecule has 0 spiro atoms. The number of nitrogens with one attached hydrogen (secondary N) is 2. The lowest BCUT2D eigenvalue weighted by atomic mass is 9.91. The van der Waals surface area contributed by atoms with E-state index in [0.29, 0.717) is 6.54 Å². The van der Waals surface area contributed by atoms with Crippen LogP contribution in [0.5, 0.6) is 0 Å². The maximum atomic E-state index is 14.2. The first-order valence-electron chi connectivity index (χ1n) is 14.0. The summed E-state index contributed by atoms with van der Waals surface area (Å²) in [6, 6.07) is 4.49. The average Bonchev–Trinajstić information content (AvgIpc) is 2.80. The average molecular weight is 516 g/mol. The Morgan fingerprint density at radius 3 is 2.16 bits per heavy atom. The van der Waals surface area contributed by atoms with Gasteiger partial charge in [0.2, 0.25) is 11.8 Å². The van der Waals surface area contributed by atoms with E-state index in [2.05, 4.69) is 17.6 Å². The molecule has 1 fully saturated rings. The number of rotatable bonds is 10. The Morgan fingerprint density at radius 2 is 1.65 bits per heavy atom. The van der Waals surface area contributed by atoms with Crippen LogP contribution in [0.3, 0.4) is 0 Å². The molecule has 1 saturated carbocycles. The zero-order valence-electron chi connectivity index (χ0n) is 24.3. The number of alkyl carbamates (subject to hydrolysis) is 1. The van der Waals surface area contributed by atoms with Crippen LogP contribution in [0.25, 0.3) is 0 Å². The standard InChI is InChI=1S/C30H49N3O4/c1-9-10-19-33(28(35)25(20(2)3)32-29(36)37-30(6,7)8)26(24-21(4)15-14-16-22(24)5)27(34)31-23-17-12-11-13-18-23/h14-16,20,23,25-26H,9-13,17-19H2,1-8H3,(H,31,34)(H,32,36). The minimum Gasteiger partial charge on any atom is -0.444 e. The molecule has 1 aromatic carbocycles. The monoisotopic (exact) mass is 515 g/mol. The number of ether oxygens (including phenoxy) is 1. The highest BCUT2D eigenvalue weighted by molar-refractivity contribution is 5.92. The molecule has 0 radical (unpaired) electrons. The van der Waals surface area contributed by atoms with Crippen molar-refractivity contribution in [2.75, 3.05) is 6.54 Å². The number of hydrogen-bond donors (Lipinski definition) is 2. The molecule has 1 aliphatic rings. The molecular formula is C30H49N3O4. The van der Waals surface area contributed by atoms with Gasteiger partial charge in [0.15, 0.2) is 0 Å². The molecule has 7 heteroatoms. The van der Waals surface area contributed by atoms with Crippen molar-refractivity contribution in [1.29, 1.82) is 0 Å². The van der Waals surface area contributed by atoms with Crippen molar-refractivity contribution in [2.24, 2.45) is 5.92 Å². The maximum Gasteiger partial charge on any atom is 0.408 e. The van der Waals surface area contributed by atoms with E-state index in [1.54, 1.807) is 25.7 Å². The topological polar surface area (TPSA) is 87.7 Å². The normalized spacial score (nSPS) is 16.1. The minimum absolute atomic E-state index is 0.122. The highest BCUT2D eigenvalue weighted by Gasteiger charge is 2.39. The molecule has 0 aliphatic heterocycles. The van der Waals surface area contributed by atoms with Crippen LogP contribution >= 0.6 is 0 Å². The lowest BCUT2D eigenvalue weighted by Gasteiger charge is -2.37. The number of nitrogens with zero attached hydrogens (tertiary/aromatic N) is 1. The van der Waals surface area contributed by atoms with E-state index in [0.717, 1.165) is 55.2 Å². The van der Waals surface area contributed by atoms with Gasteiger partial charge in [-0.15, -0.1) is 0 Å². The highest BCUT2D eigenvalue weighted by Crippen LogP contribution is 2.30. The van der Waals surface area contributed by atoms with Crippen molar-refractivity contribution >= 4 is 17.9 Å². The van der Waals surface area contributed by atoms with Gasteiger partial charge in [0.05, 0.1) is 0 Å². The van der Waals surface area contributed by atoms with Crippen molar-refractivity contribution in [3.63, 3.8) is 0 Å². The van der Waals surface area contributed by atoms with E-state index < -0.39 is 23.8 Å². The quantitative estimate of drug-likeness (QED) is 0.402. The van der Waals surface area contributed by atoms with Gasteiger partial charge < -0.3 is 20.3 Å². The van der Waals surface area contributed by atoms with Gasteiger partial charge in [0, 0.05) is 12.6 Å². The zero-order valence-corrected chi connectivity index (χ0v) is 24.3. The summed E-state index contributed by atoms with van der Waals surface area (Å²) in [6.07, 6.45) is 6.32. The summed E-state index contributed by atoms with van der Waals surface area (Å²) >= 11 is 0. The molecule has 1 aromatic rings. The van der Waals surface area contributed by atoms with Crippen LogP contribution in [0.4, 0.5) is 4.79 Å². The molecule has 2 atom stereocenters. The van der Waals surface area contributed by atoms with Crippen LogP contribution in [0.15, 0.2) is 18.2 Å². The lowest BCUT2D eigenvalue weighted by molar-refractivity contribution is -0.143. The SMILES string of the molecule is CCCCN(C(=O)C(NC(=O)OC(C)(C)C)C(C)C)C(C(=O)NC1CCCCC1)c1c(C)cccc1C. The molecule has 1 aliphatic carbocycles. The number of benzene rings is 1. The molecule has 7 nitrogen and oxygen atoms in total. The third-order valence-electron chi connectivity index (χ3n) is 6.97. The highest BCUT2D eigenvalue weighted by atomic mass is 16.6. The van der Waals surface area contributed by atoms with Crippen molar-refractivity contribution in [3.05, 3.63) is 34.9 Å². The molecule has 37 heavy (non-hydrogen) atoms. The summed E-state index contributed by atoms with van der Waals surface area (Å²) in [7, 11) is 0. The third-order valence-corrected chi connectivity index (χ3v) is 6.97. The Labute approximate surface area is 224 Å².